The maximum atomic E-state index is 12.4. The van der Waals surface area contributed by atoms with Gasteiger partial charge in [-0.15, -0.1) is 0 Å². The fourth-order valence-corrected chi connectivity index (χ4v) is 3.33. The molecular formula is C16H23N3O2. The molecule has 114 valence electrons. The molecular weight excluding hydrogens is 266 g/mol. The smallest absolute Gasteiger partial charge is 0.227 e. The molecule has 1 aromatic carbocycles. The third kappa shape index (κ3) is 2.83. The summed E-state index contributed by atoms with van der Waals surface area (Å²) in [4.78, 5) is 14.6. The fraction of sp³-hybridized carbons (Fsp3) is 0.562. The summed E-state index contributed by atoms with van der Waals surface area (Å²) in [6.07, 6.45) is 3.11. The lowest BCUT2D eigenvalue weighted by Gasteiger charge is -2.28. The van der Waals surface area contributed by atoms with Crippen LogP contribution in [0.2, 0.25) is 0 Å². The SMILES string of the molecule is CN1CCOc2ccc(NC(=O)[C@@H]3CCC[C@@H]3CN)cc21. The summed E-state index contributed by atoms with van der Waals surface area (Å²) in [5.41, 5.74) is 7.62. The van der Waals surface area contributed by atoms with E-state index in [9.17, 15) is 4.79 Å². The van der Waals surface area contributed by atoms with Crippen LogP contribution in [0.5, 0.6) is 5.75 Å². The average Bonchev–Trinajstić information content (AvgIpc) is 2.97. The molecule has 1 fully saturated rings. The van der Waals surface area contributed by atoms with E-state index in [1.54, 1.807) is 0 Å². The van der Waals surface area contributed by atoms with Crippen LogP contribution >= 0.6 is 0 Å². The summed E-state index contributed by atoms with van der Waals surface area (Å²) in [6, 6.07) is 5.82. The highest BCUT2D eigenvalue weighted by atomic mass is 16.5. The molecule has 1 aliphatic carbocycles. The van der Waals surface area contributed by atoms with Crippen LogP contribution in [0.25, 0.3) is 0 Å². The van der Waals surface area contributed by atoms with Gasteiger partial charge in [0.15, 0.2) is 0 Å². The zero-order chi connectivity index (χ0) is 14.8. The highest BCUT2D eigenvalue weighted by Crippen LogP contribution is 2.35. The van der Waals surface area contributed by atoms with E-state index in [-0.39, 0.29) is 11.8 Å². The van der Waals surface area contributed by atoms with E-state index >= 15 is 0 Å². The number of likely N-dealkylation sites (N-methyl/N-ethyl adjacent to an activating group) is 1. The van der Waals surface area contributed by atoms with E-state index in [1.165, 1.54) is 0 Å². The van der Waals surface area contributed by atoms with Gasteiger partial charge in [-0.2, -0.15) is 0 Å². The Bertz CT molecular complexity index is 532. The first kappa shape index (κ1) is 14.2. The third-order valence-electron chi connectivity index (χ3n) is 4.62. The average molecular weight is 289 g/mol. The van der Waals surface area contributed by atoms with Crippen molar-refractivity contribution >= 4 is 17.3 Å². The number of benzene rings is 1. The Labute approximate surface area is 125 Å². The molecule has 3 N–H and O–H groups in total. The maximum absolute atomic E-state index is 12.4. The number of nitrogens with one attached hydrogen (secondary N) is 1. The molecule has 21 heavy (non-hydrogen) atoms. The van der Waals surface area contributed by atoms with E-state index in [0.717, 1.165) is 42.9 Å². The molecule has 0 radical (unpaired) electrons. The molecule has 5 nitrogen and oxygen atoms in total. The maximum Gasteiger partial charge on any atom is 0.227 e. The van der Waals surface area contributed by atoms with Crippen molar-refractivity contribution in [1.82, 2.24) is 0 Å². The van der Waals surface area contributed by atoms with Gasteiger partial charge in [0.1, 0.15) is 12.4 Å². The minimum Gasteiger partial charge on any atom is -0.490 e. The lowest BCUT2D eigenvalue weighted by atomic mass is 9.95. The summed E-state index contributed by atoms with van der Waals surface area (Å²) in [5.74, 6) is 1.36. The summed E-state index contributed by atoms with van der Waals surface area (Å²) in [6.45, 7) is 2.16. The number of amides is 1. The van der Waals surface area contributed by atoms with E-state index in [4.69, 9.17) is 10.5 Å². The van der Waals surface area contributed by atoms with Crippen LogP contribution in [0.1, 0.15) is 19.3 Å². The van der Waals surface area contributed by atoms with Crippen molar-refractivity contribution in [2.75, 3.05) is 37.0 Å². The van der Waals surface area contributed by atoms with Crippen molar-refractivity contribution in [3.05, 3.63) is 18.2 Å². The van der Waals surface area contributed by atoms with Crippen molar-refractivity contribution in [1.29, 1.82) is 0 Å². The number of carbonyl (C=O) groups is 1. The normalized spacial score (nSPS) is 24.4. The van der Waals surface area contributed by atoms with E-state index in [2.05, 4.69) is 10.2 Å². The number of carbonyl (C=O) groups excluding carboxylic acids is 1. The summed E-state index contributed by atoms with van der Waals surface area (Å²) < 4.78 is 5.62. The van der Waals surface area contributed by atoms with Crippen LogP contribution in [0.4, 0.5) is 11.4 Å². The largest absolute Gasteiger partial charge is 0.490 e. The predicted molar refractivity (Wildman–Crippen MR) is 83.7 cm³/mol. The summed E-state index contributed by atoms with van der Waals surface area (Å²) in [7, 11) is 2.04. The molecule has 0 aromatic heterocycles. The van der Waals surface area contributed by atoms with Crippen molar-refractivity contribution in [3.63, 3.8) is 0 Å². The minimum absolute atomic E-state index is 0.0556. The minimum atomic E-state index is 0.0556. The van der Waals surface area contributed by atoms with Crippen LogP contribution in [0.3, 0.4) is 0 Å². The molecule has 2 aliphatic rings. The highest BCUT2D eigenvalue weighted by molar-refractivity contribution is 5.93. The van der Waals surface area contributed by atoms with Gasteiger partial charge in [0.25, 0.3) is 0 Å². The van der Waals surface area contributed by atoms with Gasteiger partial charge in [0.05, 0.1) is 12.2 Å². The number of hydrogen-bond acceptors (Lipinski definition) is 4. The molecule has 0 unspecified atom stereocenters. The Kier molecular flexibility index (Phi) is 4.01. The number of nitrogens with zero attached hydrogens (tertiary/aromatic N) is 1. The quantitative estimate of drug-likeness (QED) is 0.891. The van der Waals surface area contributed by atoms with Crippen molar-refractivity contribution in [2.45, 2.75) is 19.3 Å². The van der Waals surface area contributed by atoms with E-state index in [0.29, 0.717) is 19.1 Å². The lowest BCUT2D eigenvalue weighted by molar-refractivity contribution is -0.120. The van der Waals surface area contributed by atoms with Gasteiger partial charge in [-0.3, -0.25) is 4.79 Å². The first-order valence-electron chi connectivity index (χ1n) is 7.68. The Morgan fingerprint density at radius 3 is 3.14 bits per heavy atom. The predicted octanol–water partition coefficient (Wildman–Crippen LogP) is 1.83. The van der Waals surface area contributed by atoms with Gasteiger partial charge < -0.3 is 20.7 Å². The summed E-state index contributed by atoms with van der Waals surface area (Å²) >= 11 is 0. The Balaban J connectivity index is 1.73. The number of ether oxygens (including phenoxy) is 1. The first-order valence-corrected chi connectivity index (χ1v) is 7.68. The van der Waals surface area contributed by atoms with Gasteiger partial charge >= 0.3 is 0 Å². The second-order valence-corrected chi connectivity index (χ2v) is 5.97. The molecule has 3 rings (SSSR count). The molecule has 0 bridgehead atoms. The third-order valence-corrected chi connectivity index (χ3v) is 4.62. The zero-order valence-corrected chi connectivity index (χ0v) is 12.5. The molecule has 2 atom stereocenters. The molecule has 1 aliphatic heterocycles. The summed E-state index contributed by atoms with van der Waals surface area (Å²) in [5, 5.41) is 3.04. The lowest BCUT2D eigenvalue weighted by Crippen LogP contribution is -2.30. The molecule has 1 saturated carbocycles. The van der Waals surface area contributed by atoms with E-state index < -0.39 is 0 Å². The van der Waals surface area contributed by atoms with Gasteiger partial charge in [-0.25, -0.2) is 0 Å². The topological polar surface area (TPSA) is 67.6 Å². The first-order chi connectivity index (χ1) is 10.2. The van der Waals surface area contributed by atoms with Crippen LogP contribution in [0, 0.1) is 11.8 Å². The van der Waals surface area contributed by atoms with Crippen LogP contribution in [-0.2, 0) is 4.79 Å². The Morgan fingerprint density at radius 1 is 1.48 bits per heavy atom. The number of fused-ring (bicyclic) bond motifs is 1. The fourth-order valence-electron chi connectivity index (χ4n) is 3.33. The number of rotatable bonds is 3. The second-order valence-electron chi connectivity index (χ2n) is 5.97. The van der Waals surface area contributed by atoms with Crippen molar-refractivity contribution in [3.8, 4) is 5.75 Å². The van der Waals surface area contributed by atoms with Gasteiger partial charge in [-0.05, 0) is 43.5 Å². The molecule has 1 aromatic rings. The highest BCUT2D eigenvalue weighted by Gasteiger charge is 2.32. The molecule has 1 heterocycles. The molecule has 1 amide bonds. The number of nitrogens with two attached hydrogens (primary N) is 1. The number of hydrogen-bond donors (Lipinski definition) is 2. The van der Waals surface area contributed by atoms with Crippen LogP contribution in [-0.4, -0.2) is 32.7 Å². The number of anilines is 2. The van der Waals surface area contributed by atoms with Gasteiger partial charge in [0, 0.05) is 18.7 Å². The molecule has 0 saturated heterocycles. The van der Waals surface area contributed by atoms with Gasteiger partial charge in [-0.1, -0.05) is 6.42 Å². The molecule has 0 spiro atoms. The van der Waals surface area contributed by atoms with Crippen molar-refractivity contribution < 1.29 is 9.53 Å². The van der Waals surface area contributed by atoms with Gasteiger partial charge in [0.2, 0.25) is 5.91 Å². The monoisotopic (exact) mass is 289 g/mol. The standard InChI is InChI=1S/C16H23N3O2/c1-19-7-8-21-15-6-5-12(9-14(15)19)18-16(20)13-4-2-3-11(13)10-17/h5-6,9,11,13H,2-4,7-8,10,17H2,1H3,(H,18,20)/t11-,13-/m1/s1. The van der Waals surface area contributed by atoms with Crippen molar-refractivity contribution in [2.24, 2.45) is 17.6 Å². The van der Waals surface area contributed by atoms with E-state index in [1.807, 2.05) is 25.2 Å². The van der Waals surface area contributed by atoms with Crippen LogP contribution < -0.4 is 20.7 Å². The Hall–Kier alpha value is -1.75. The molecule has 5 heteroatoms. The second kappa shape index (κ2) is 5.93. The van der Waals surface area contributed by atoms with Crippen LogP contribution in [0.15, 0.2) is 18.2 Å². The zero-order valence-electron chi connectivity index (χ0n) is 12.5. The Morgan fingerprint density at radius 2 is 2.33 bits per heavy atom.